The predicted molar refractivity (Wildman–Crippen MR) is 140 cm³/mol. The van der Waals surface area contributed by atoms with Crippen LogP contribution in [0.4, 0.5) is 16.4 Å². The van der Waals surface area contributed by atoms with Crippen molar-refractivity contribution in [1.82, 2.24) is 25.1 Å². The molecular formula is C25H33ClN8O2. The molecule has 36 heavy (non-hydrogen) atoms. The predicted octanol–water partition coefficient (Wildman–Crippen LogP) is 3.36. The first-order chi connectivity index (χ1) is 17.2. The van der Waals surface area contributed by atoms with Crippen molar-refractivity contribution in [2.45, 2.75) is 51.5 Å². The van der Waals surface area contributed by atoms with Gasteiger partial charge in [0.15, 0.2) is 0 Å². The Morgan fingerprint density at radius 1 is 1.03 bits per heavy atom. The molecule has 0 unspecified atom stereocenters. The standard InChI is InChI=1S/C25H33ClN8O2/c1-17-15-18(2)29-22(28-17)31-23(32-24(36)30-20-8-6-7-19(26)16-20)33-13-9-25(10-14-33,21(27)35)34-11-4-3-5-12-34/h6-8,15-16H,3-5,9-14H2,1-2H3,(H2,27,35)(H2,28,29,30,31,32,36). The third-order valence-electron chi connectivity index (χ3n) is 6.79. The second kappa shape index (κ2) is 11.2. The number of urea groups is 1. The van der Waals surface area contributed by atoms with E-state index in [0.717, 1.165) is 37.3 Å². The molecule has 0 bridgehead atoms. The van der Waals surface area contributed by atoms with Gasteiger partial charge in [-0.3, -0.25) is 15.0 Å². The number of nitrogens with zero attached hydrogens (tertiary/aromatic N) is 5. The van der Waals surface area contributed by atoms with Crippen LogP contribution in [0.15, 0.2) is 35.3 Å². The van der Waals surface area contributed by atoms with Crippen molar-refractivity contribution in [3.63, 3.8) is 0 Å². The molecule has 4 rings (SSSR count). The highest BCUT2D eigenvalue weighted by atomic mass is 35.5. The summed E-state index contributed by atoms with van der Waals surface area (Å²) in [6, 6.07) is 8.28. The van der Waals surface area contributed by atoms with E-state index in [-0.39, 0.29) is 11.9 Å². The molecular weight excluding hydrogens is 480 g/mol. The molecule has 4 N–H and O–H groups in total. The summed E-state index contributed by atoms with van der Waals surface area (Å²) in [5.74, 6) is 0.288. The number of halogens is 1. The molecule has 1 aromatic heterocycles. The van der Waals surface area contributed by atoms with E-state index in [1.165, 1.54) is 6.42 Å². The summed E-state index contributed by atoms with van der Waals surface area (Å²) < 4.78 is 0. The number of nitrogens with two attached hydrogens (primary N) is 1. The SMILES string of the molecule is Cc1cc(C)nc(/N=C(\NC(=O)Nc2cccc(Cl)c2)N2CCC(C(N)=O)(N3CCCCC3)CC2)n1. The summed E-state index contributed by atoms with van der Waals surface area (Å²) in [4.78, 5) is 43.1. The number of likely N-dealkylation sites (tertiary alicyclic amines) is 2. The van der Waals surface area contributed by atoms with Crippen LogP contribution in [0.1, 0.15) is 43.5 Å². The maximum Gasteiger partial charge on any atom is 0.326 e. The van der Waals surface area contributed by atoms with Gasteiger partial charge in [0.25, 0.3) is 5.95 Å². The smallest absolute Gasteiger partial charge is 0.326 e. The molecule has 0 aliphatic carbocycles. The highest BCUT2D eigenvalue weighted by molar-refractivity contribution is 6.30. The Labute approximate surface area is 216 Å². The van der Waals surface area contributed by atoms with E-state index in [1.54, 1.807) is 24.3 Å². The Morgan fingerprint density at radius 2 is 1.69 bits per heavy atom. The number of aryl methyl sites for hydroxylation is 2. The van der Waals surface area contributed by atoms with Gasteiger partial charge in [-0.2, -0.15) is 4.99 Å². The van der Waals surface area contributed by atoms with Crippen LogP contribution in [0.25, 0.3) is 0 Å². The number of primary amides is 1. The van der Waals surface area contributed by atoms with Crippen LogP contribution in [0.5, 0.6) is 0 Å². The second-order valence-electron chi connectivity index (χ2n) is 9.41. The Kier molecular flexibility index (Phi) is 8.05. The summed E-state index contributed by atoms with van der Waals surface area (Å²) in [7, 11) is 0. The Bertz CT molecular complexity index is 1120. The average molecular weight is 513 g/mol. The minimum atomic E-state index is -0.679. The van der Waals surface area contributed by atoms with Gasteiger partial charge in [0.1, 0.15) is 5.54 Å². The van der Waals surface area contributed by atoms with Crippen LogP contribution >= 0.6 is 11.6 Å². The Hall–Kier alpha value is -3.24. The third kappa shape index (κ3) is 6.11. The van der Waals surface area contributed by atoms with Crippen molar-refractivity contribution in [1.29, 1.82) is 0 Å². The summed E-state index contributed by atoms with van der Waals surface area (Å²) in [5, 5.41) is 6.15. The molecule has 2 fully saturated rings. The van der Waals surface area contributed by atoms with Gasteiger partial charge in [0, 0.05) is 35.2 Å². The molecule has 3 amide bonds. The summed E-state index contributed by atoms with van der Waals surface area (Å²) >= 11 is 6.05. The van der Waals surface area contributed by atoms with Crippen molar-refractivity contribution in [2.24, 2.45) is 10.7 Å². The molecule has 11 heteroatoms. The van der Waals surface area contributed by atoms with Gasteiger partial charge in [-0.15, -0.1) is 0 Å². The fraction of sp³-hybridized carbons (Fsp3) is 0.480. The zero-order valence-corrected chi connectivity index (χ0v) is 21.5. The van der Waals surface area contributed by atoms with Gasteiger partial charge in [-0.25, -0.2) is 14.8 Å². The Balaban J connectivity index is 1.56. The quantitative estimate of drug-likeness (QED) is 0.425. The zero-order valence-electron chi connectivity index (χ0n) is 20.8. The van der Waals surface area contributed by atoms with E-state index >= 15 is 0 Å². The van der Waals surface area contributed by atoms with Crippen LogP contribution in [-0.4, -0.2) is 69.4 Å². The highest BCUT2D eigenvalue weighted by Crippen LogP contribution is 2.31. The van der Waals surface area contributed by atoms with Crippen LogP contribution < -0.4 is 16.4 Å². The maximum atomic E-state index is 12.9. The molecule has 2 aliphatic heterocycles. The number of aliphatic imine (C=N–C) groups is 1. The van der Waals surface area contributed by atoms with Gasteiger partial charge in [0.05, 0.1) is 0 Å². The number of aromatic nitrogens is 2. The molecule has 2 aromatic rings. The second-order valence-corrected chi connectivity index (χ2v) is 9.84. The number of piperidine rings is 2. The van der Waals surface area contributed by atoms with E-state index < -0.39 is 11.6 Å². The average Bonchev–Trinajstić information content (AvgIpc) is 2.83. The molecule has 0 radical (unpaired) electrons. The number of nitrogens with one attached hydrogen (secondary N) is 2. The van der Waals surface area contributed by atoms with Crippen LogP contribution in [0.2, 0.25) is 5.02 Å². The van der Waals surface area contributed by atoms with Crippen molar-refractivity contribution >= 4 is 41.1 Å². The molecule has 0 atom stereocenters. The fourth-order valence-electron chi connectivity index (χ4n) is 4.99. The van der Waals surface area contributed by atoms with Gasteiger partial charge >= 0.3 is 6.03 Å². The highest BCUT2D eigenvalue weighted by Gasteiger charge is 2.45. The number of hydrogen-bond donors (Lipinski definition) is 3. The largest absolute Gasteiger partial charge is 0.368 e. The monoisotopic (exact) mass is 512 g/mol. The molecule has 10 nitrogen and oxygen atoms in total. The molecule has 3 heterocycles. The number of rotatable bonds is 4. The normalized spacial score (nSPS) is 18.5. The lowest BCUT2D eigenvalue weighted by Gasteiger charge is -2.48. The van der Waals surface area contributed by atoms with Crippen LogP contribution in [0.3, 0.4) is 0 Å². The van der Waals surface area contributed by atoms with E-state index in [2.05, 4.69) is 30.5 Å². The molecule has 0 saturated carbocycles. The minimum Gasteiger partial charge on any atom is -0.368 e. The fourth-order valence-corrected chi connectivity index (χ4v) is 5.18. The van der Waals surface area contributed by atoms with Gasteiger partial charge < -0.3 is 16.0 Å². The number of carbonyl (C=O) groups excluding carboxylic acids is 2. The van der Waals surface area contributed by atoms with Crippen molar-refractivity contribution in [3.8, 4) is 0 Å². The van der Waals surface area contributed by atoms with Crippen LogP contribution in [0, 0.1) is 13.8 Å². The number of amides is 3. The van der Waals surface area contributed by atoms with Gasteiger partial charge in [0.2, 0.25) is 11.9 Å². The lowest BCUT2D eigenvalue weighted by molar-refractivity contribution is -0.134. The molecule has 2 aliphatic rings. The van der Waals surface area contributed by atoms with E-state index in [9.17, 15) is 9.59 Å². The first kappa shape index (κ1) is 25.8. The number of carbonyl (C=O) groups is 2. The zero-order chi connectivity index (χ0) is 25.7. The number of benzene rings is 1. The molecule has 1 aromatic carbocycles. The Morgan fingerprint density at radius 3 is 2.31 bits per heavy atom. The van der Waals surface area contributed by atoms with Crippen molar-refractivity contribution in [2.75, 3.05) is 31.5 Å². The lowest BCUT2D eigenvalue weighted by Crippen LogP contribution is -2.64. The summed E-state index contributed by atoms with van der Waals surface area (Å²) in [6.07, 6.45) is 4.41. The number of hydrogen-bond acceptors (Lipinski definition) is 6. The van der Waals surface area contributed by atoms with E-state index in [1.807, 2.05) is 24.8 Å². The van der Waals surface area contributed by atoms with Gasteiger partial charge in [-0.1, -0.05) is 24.1 Å². The van der Waals surface area contributed by atoms with Crippen molar-refractivity contribution < 1.29 is 9.59 Å². The molecule has 0 spiro atoms. The first-order valence-corrected chi connectivity index (χ1v) is 12.7. The van der Waals surface area contributed by atoms with E-state index in [4.69, 9.17) is 17.3 Å². The molecule has 192 valence electrons. The number of anilines is 1. The van der Waals surface area contributed by atoms with E-state index in [0.29, 0.717) is 42.6 Å². The lowest BCUT2D eigenvalue weighted by atomic mass is 9.83. The number of guanidine groups is 1. The van der Waals surface area contributed by atoms with Crippen LogP contribution in [-0.2, 0) is 4.79 Å². The minimum absolute atomic E-state index is 0.258. The summed E-state index contributed by atoms with van der Waals surface area (Å²) in [5.41, 5.74) is 7.38. The molecule has 2 saturated heterocycles. The van der Waals surface area contributed by atoms with Gasteiger partial charge in [-0.05, 0) is 76.9 Å². The maximum absolute atomic E-state index is 12.9. The van der Waals surface area contributed by atoms with Crippen molar-refractivity contribution in [3.05, 3.63) is 46.7 Å². The first-order valence-electron chi connectivity index (χ1n) is 12.3. The third-order valence-corrected chi connectivity index (χ3v) is 7.03. The summed E-state index contributed by atoms with van der Waals surface area (Å²) in [6.45, 7) is 6.49. The topological polar surface area (TPSA) is 129 Å².